The number of benzene rings is 3. The Morgan fingerprint density at radius 3 is 2.00 bits per heavy atom. The van der Waals surface area contributed by atoms with E-state index in [0.29, 0.717) is 28.6 Å². The Kier molecular flexibility index (Phi) is 9.35. The fraction of sp³-hybridized carbons (Fsp3) is 0.259. The first-order valence-corrected chi connectivity index (χ1v) is 11.8. The Labute approximate surface area is 205 Å². The molecule has 2 amide bonds. The molecule has 0 unspecified atom stereocenters. The molecule has 0 bridgehead atoms. The van der Waals surface area contributed by atoms with Crippen LogP contribution in [-0.2, 0) is 29.0 Å². The molecule has 4 nitrogen and oxygen atoms in total. The van der Waals surface area contributed by atoms with Crippen molar-refractivity contribution in [2.24, 2.45) is 0 Å². The molecule has 6 heteroatoms. The minimum Gasteiger partial charge on any atom is -0.354 e. The number of hydrogen-bond acceptors (Lipinski definition) is 2. The van der Waals surface area contributed by atoms with Gasteiger partial charge in [-0.05, 0) is 29.7 Å². The first kappa shape index (κ1) is 24.8. The van der Waals surface area contributed by atoms with Gasteiger partial charge in [0.1, 0.15) is 6.04 Å². The van der Waals surface area contributed by atoms with E-state index in [1.54, 1.807) is 23.1 Å². The quantitative estimate of drug-likeness (QED) is 0.402. The van der Waals surface area contributed by atoms with E-state index in [1.807, 2.05) is 67.6 Å². The Hall–Kier alpha value is -2.82. The van der Waals surface area contributed by atoms with Crippen molar-refractivity contribution < 1.29 is 9.59 Å². The van der Waals surface area contributed by atoms with Crippen LogP contribution in [0.2, 0.25) is 10.0 Å². The summed E-state index contributed by atoms with van der Waals surface area (Å²) in [5, 5.41) is 3.90. The summed E-state index contributed by atoms with van der Waals surface area (Å²) in [5.74, 6) is -0.352. The second-order valence-electron chi connectivity index (χ2n) is 7.88. The summed E-state index contributed by atoms with van der Waals surface area (Å²) in [7, 11) is 0. The van der Waals surface area contributed by atoms with Crippen LogP contribution >= 0.6 is 23.2 Å². The zero-order valence-electron chi connectivity index (χ0n) is 18.6. The molecule has 3 aromatic rings. The van der Waals surface area contributed by atoms with E-state index in [4.69, 9.17) is 23.2 Å². The van der Waals surface area contributed by atoms with Gasteiger partial charge in [0.25, 0.3) is 0 Å². The van der Waals surface area contributed by atoms with Crippen molar-refractivity contribution in [3.63, 3.8) is 0 Å². The third-order valence-electron chi connectivity index (χ3n) is 5.41. The summed E-state index contributed by atoms with van der Waals surface area (Å²) in [6, 6.07) is 23.8. The van der Waals surface area contributed by atoms with Gasteiger partial charge < -0.3 is 10.2 Å². The molecule has 0 aliphatic heterocycles. The van der Waals surface area contributed by atoms with Crippen LogP contribution in [0.25, 0.3) is 0 Å². The molecule has 0 saturated carbocycles. The van der Waals surface area contributed by atoms with Gasteiger partial charge >= 0.3 is 0 Å². The predicted octanol–water partition coefficient (Wildman–Crippen LogP) is 5.70. The highest BCUT2D eigenvalue weighted by molar-refractivity contribution is 6.36. The highest BCUT2D eigenvalue weighted by atomic mass is 35.5. The lowest BCUT2D eigenvalue weighted by Gasteiger charge is -2.32. The largest absolute Gasteiger partial charge is 0.354 e. The first-order chi connectivity index (χ1) is 16.0. The average molecular weight is 483 g/mol. The number of hydrogen-bond donors (Lipinski definition) is 1. The molecule has 1 N–H and O–H groups in total. The molecule has 3 rings (SSSR count). The lowest BCUT2D eigenvalue weighted by atomic mass is 10.0. The highest BCUT2D eigenvalue weighted by Gasteiger charge is 2.31. The molecule has 0 radical (unpaired) electrons. The SMILES string of the molecule is CCCNC(=O)[C@@H](Cc1ccccc1)N(Cc1c(Cl)cccc1Cl)C(=O)Cc1ccccc1. The maximum absolute atomic E-state index is 13.6. The molecule has 0 aliphatic carbocycles. The van der Waals surface area contributed by atoms with Crippen LogP contribution in [0.5, 0.6) is 0 Å². The summed E-state index contributed by atoms with van der Waals surface area (Å²) >= 11 is 12.9. The van der Waals surface area contributed by atoms with Gasteiger partial charge in [0.2, 0.25) is 11.8 Å². The van der Waals surface area contributed by atoms with Crippen LogP contribution < -0.4 is 5.32 Å². The number of nitrogens with one attached hydrogen (secondary N) is 1. The van der Waals surface area contributed by atoms with E-state index < -0.39 is 6.04 Å². The van der Waals surface area contributed by atoms with E-state index in [2.05, 4.69) is 5.32 Å². The van der Waals surface area contributed by atoms with Crippen LogP contribution in [0.15, 0.2) is 78.9 Å². The Bertz CT molecular complexity index is 1040. The molecular formula is C27H28Cl2N2O2. The standard InChI is InChI=1S/C27H28Cl2N2O2/c1-2-16-30-27(33)25(17-20-10-5-3-6-11-20)31(19-22-23(28)14-9-15-24(22)29)26(32)18-21-12-7-4-8-13-21/h3-15,25H,2,16-19H2,1H3,(H,30,33)/t25-/m1/s1. The summed E-state index contributed by atoms with van der Waals surface area (Å²) in [5.41, 5.74) is 2.48. The fourth-order valence-electron chi connectivity index (χ4n) is 3.65. The average Bonchev–Trinajstić information content (AvgIpc) is 2.82. The second-order valence-corrected chi connectivity index (χ2v) is 8.70. The third-order valence-corrected chi connectivity index (χ3v) is 6.12. The second kappa shape index (κ2) is 12.4. The molecule has 33 heavy (non-hydrogen) atoms. The molecule has 0 spiro atoms. The Morgan fingerprint density at radius 2 is 1.42 bits per heavy atom. The van der Waals surface area contributed by atoms with E-state index in [-0.39, 0.29) is 24.8 Å². The van der Waals surface area contributed by atoms with E-state index in [9.17, 15) is 9.59 Å². The van der Waals surface area contributed by atoms with Crippen molar-refractivity contribution >= 4 is 35.0 Å². The number of amides is 2. The van der Waals surface area contributed by atoms with Gasteiger partial charge in [0.15, 0.2) is 0 Å². The van der Waals surface area contributed by atoms with Gasteiger partial charge in [-0.1, -0.05) is 96.9 Å². The van der Waals surface area contributed by atoms with Gasteiger partial charge in [-0.2, -0.15) is 0 Å². The lowest BCUT2D eigenvalue weighted by molar-refractivity contribution is -0.140. The zero-order valence-corrected chi connectivity index (χ0v) is 20.1. The van der Waals surface area contributed by atoms with Crippen LogP contribution in [0.4, 0.5) is 0 Å². The van der Waals surface area contributed by atoms with Gasteiger partial charge in [-0.25, -0.2) is 0 Å². The molecule has 0 heterocycles. The normalized spacial score (nSPS) is 11.6. The maximum atomic E-state index is 13.6. The van der Waals surface area contributed by atoms with Crippen molar-refractivity contribution in [2.75, 3.05) is 6.54 Å². The van der Waals surface area contributed by atoms with Crippen molar-refractivity contribution in [3.8, 4) is 0 Å². The van der Waals surface area contributed by atoms with E-state index in [1.165, 1.54) is 0 Å². The van der Waals surface area contributed by atoms with Gasteiger partial charge in [-0.15, -0.1) is 0 Å². The first-order valence-electron chi connectivity index (χ1n) is 11.1. The van der Waals surface area contributed by atoms with E-state index >= 15 is 0 Å². The number of halogens is 2. The molecule has 3 aromatic carbocycles. The minimum atomic E-state index is -0.706. The molecule has 172 valence electrons. The van der Waals surface area contributed by atoms with Gasteiger partial charge in [0.05, 0.1) is 6.42 Å². The topological polar surface area (TPSA) is 49.4 Å². The zero-order chi connectivity index (χ0) is 23.6. The molecular weight excluding hydrogens is 455 g/mol. The summed E-state index contributed by atoms with van der Waals surface area (Å²) < 4.78 is 0. The summed E-state index contributed by atoms with van der Waals surface area (Å²) in [4.78, 5) is 28.5. The monoisotopic (exact) mass is 482 g/mol. The fourth-order valence-corrected chi connectivity index (χ4v) is 4.16. The van der Waals surface area contributed by atoms with Crippen LogP contribution in [-0.4, -0.2) is 29.3 Å². The lowest BCUT2D eigenvalue weighted by Crippen LogP contribution is -2.51. The molecule has 0 aromatic heterocycles. The number of carbonyl (C=O) groups is 2. The van der Waals surface area contributed by atoms with Crippen LogP contribution in [0, 0.1) is 0 Å². The maximum Gasteiger partial charge on any atom is 0.243 e. The number of rotatable bonds is 10. The Morgan fingerprint density at radius 1 is 0.848 bits per heavy atom. The third kappa shape index (κ3) is 7.08. The predicted molar refractivity (Wildman–Crippen MR) is 134 cm³/mol. The van der Waals surface area contributed by atoms with E-state index in [0.717, 1.165) is 17.5 Å². The number of nitrogens with zero attached hydrogens (tertiary/aromatic N) is 1. The smallest absolute Gasteiger partial charge is 0.243 e. The van der Waals surface area contributed by atoms with Gasteiger partial charge in [-0.3, -0.25) is 9.59 Å². The van der Waals surface area contributed by atoms with Crippen LogP contribution in [0.3, 0.4) is 0 Å². The molecule has 0 fully saturated rings. The molecule has 0 aliphatic rings. The summed E-state index contributed by atoms with van der Waals surface area (Å²) in [6.45, 7) is 2.67. The minimum absolute atomic E-state index is 0.140. The Balaban J connectivity index is 1.99. The molecule has 1 atom stereocenters. The van der Waals surface area contributed by atoms with Gasteiger partial charge in [0, 0.05) is 35.1 Å². The molecule has 0 saturated heterocycles. The van der Waals surface area contributed by atoms with Crippen LogP contribution in [0.1, 0.15) is 30.0 Å². The number of carbonyl (C=O) groups excluding carboxylic acids is 2. The highest BCUT2D eigenvalue weighted by Crippen LogP contribution is 2.27. The van der Waals surface area contributed by atoms with Crippen molar-refractivity contribution in [3.05, 3.63) is 106 Å². The van der Waals surface area contributed by atoms with Crippen molar-refractivity contribution in [1.29, 1.82) is 0 Å². The summed E-state index contributed by atoms with van der Waals surface area (Å²) in [6.07, 6.45) is 1.37. The van der Waals surface area contributed by atoms with Crippen molar-refractivity contribution in [1.82, 2.24) is 10.2 Å². The van der Waals surface area contributed by atoms with Crippen molar-refractivity contribution in [2.45, 2.75) is 38.8 Å².